The Balaban J connectivity index is 1.94. The van der Waals surface area contributed by atoms with Crippen LogP contribution >= 0.6 is 7.67 Å². The van der Waals surface area contributed by atoms with E-state index in [2.05, 4.69) is 25.1 Å². The second kappa shape index (κ2) is 17.1. The van der Waals surface area contributed by atoms with Crippen molar-refractivity contribution in [3.8, 4) is 5.88 Å². The lowest BCUT2D eigenvalue weighted by Crippen LogP contribution is -2.47. The monoisotopic (exact) mass is 701 g/mol. The molecule has 1 aliphatic heterocycles. The number of anilines is 1. The summed E-state index contributed by atoms with van der Waals surface area (Å²) in [4.78, 5) is 38.7. The fraction of sp³-hybridized carbons (Fsp3) is 0.767. The Hall–Kier alpha value is -2.92. The van der Waals surface area contributed by atoms with Crippen LogP contribution in [-0.2, 0) is 32.9 Å². The molecule has 0 aromatic carbocycles. The summed E-state index contributed by atoms with van der Waals surface area (Å²) in [7, 11) is -2.93. The number of nitrogens with zero attached hydrogens (tertiary/aromatic N) is 4. The highest BCUT2D eigenvalue weighted by atomic mass is 31.2. The zero-order valence-corrected chi connectivity index (χ0v) is 29.9. The number of nitrogen functional groups attached to an aromatic ring is 1. The van der Waals surface area contributed by atoms with E-state index in [-0.39, 0.29) is 60.9 Å². The number of aliphatic hydroxyl groups is 2. The number of esters is 2. The van der Waals surface area contributed by atoms with Gasteiger partial charge in [-0.25, -0.2) is 15.2 Å². The Morgan fingerprint density at radius 3 is 2.08 bits per heavy atom. The molecule has 2 aromatic heterocycles. The van der Waals surface area contributed by atoms with Gasteiger partial charge in [-0.1, -0.05) is 41.5 Å². The van der Waals surface area contributed by atoms with Crippen molar-refractivity contribution in [3.63, 3.8) is 0 Å². The minimum atomic E-state index is -4.32. The zero-order valence-electron chi connectivity index (χ0n) is 29.0. The van der Waals surface area contributed by atoms with Crippen molar-refractivity contribution in [2.45, 2.75) is 110 Å². The fourth-order valence-electron chi connectivity index (χ4n) is 5.25. The molecule has 17 nitrogen and oxygen atoms in total. The summed E-state index contributed by atoms with van der Waals surface area (Å²) in [6.45, 7) is 12.4. The van der Waals surface area contributed by atoms with Crippen molar-refractivity contribution < 1.29 is 47.8 Å². The molecule has 3 heterocycles. The van der Waals surface area contributed by atoms with E-state index in [1.807, 2.05) is 41.5 Å². The van der Waals surface area contributed by atoms with E-state index >= 15 is 0 Å². The summed E-state index contributed by atoms with van der Waals surface area (Å²) in [5.41, 5.74) is 4.35. The molecule has 1 fully saturated rings. The molecule has 1 saturated heterocycles. The number of imidazole rings is 1. The van der Waals surface area contributed by atoms with Gasteiger partial charge in [0.1, 0.15) is 29.9 Å². The average molecular weight is 702 g/mol. The number of nitrogens with one attached hydrogen (secondary N) is 2. The Kier molecular flexibility index (Phi) is 14.1. The molecule has 272 valence electrons. The Labute approximate surface area is 281 Å². The zero-order chi connectivity index (χ0) is 35.8. The van der Waals surface area contributed by atoms with Crippen LogP contribution in [0.2, 0.25) is 0 Å². The van der Waals surface area contributed by atoms with Crippen molar-refractivity contribution >= 4 is 36.7 Å². The minimum absolute atomic E-state index is 0.0107. The van der Waals surface area contributed by atoms with Gasteiger partial charge in [0.15, 0.2) is 17.4 Å². The third kappa shape index (κ3) is 9.83. The number of ether oxygens (including phenoxy) is 4. The highest BCUT2D eigenvalue weighted by Crippen LogP contribution is 2.45. The van der Waals surface area contributed by atoms with Crippen molar-refractivity contribution in [1.29, 1.82) is 0 Å². The summed E-state index contributed by atoms with van der Waals surface area (Å²) in [6.07, 6.45) is -1.06. The number of rotatable bonds is 19. The van der Waals surface area contributed by atoms with Gasteiger partial charge in [0.05, 0.1) is 33.3 Å². The van der Waals surface area contributed by atoms with Gasteiger partial charge in [-0.2, -0.15) is 9.97 Å². The van der Waals surface area contributed by atoms with E-state index in [1.54, 1.807) is 0 Å². The number of aliphatic hydroxyl groups excluding tert-OH is 1. The van der Waals surface area contributed by atoms with Gasteiger partial charge in [-0.05, 0) is 44.4 Å². The van der Waals surface area contributed by atoms with Gasteiger partial charge < -0.3 is 39.4 Å². The normalized spacial score (nSPS) is 22.7. The first-order chi connectivity index (χ1) is 22.6. The van der Waals surface area contributed by atoms with Crippen molar-refractivity contribution in [2.75, 3.05) is 32.7 Å². The molecule has 3 rings (SSSR count). The number of methoxy groups -OCH3 is 1. The number of hydrogen-bond acceptors (Lipinski definition) is 14. The van der Waals surface area contributed by atoms with Gasteiger partial charge >= 0.3 is 19.6 Å². The molecule has 18 heteroatoms. The SMILES string of the molecule is CCCOC(=O)[C@H](CC(C)C)NP(=O)(N[C@@H](CC(C)C)C(=O)OCCC)OC[C@H]1OC(n2cnc3c(OC)nc(N)nc32)C(C)(O)C1O. The number of aromatic nitrogens is 4. The van der Waals surface area contributed by atoms with Crippen molar-refractivity contribution in [2.24, 2.45) is 11.8 Å². The predicted octanol–water partition coefficient (Wildman–Crippen LogP) is 2.47. The molecule has 0 bridgehead atoms. The van der Waals surface area contributed by atoms with E-state index in [0.29, 0.717) is 12.8 Å². The summed E-state index contributed by atoms with van der Waals surface area (Å²) < 4.78 is 44.1. The maximum absolute atomic E-state index is 14.7. The molecule has 6 atom stereocenters. The van der Waals surface area contributed by atoms with Crippen LogP contribution in [0.4, 0.5) is 5.95 Å². The maximum Gasteiger partial charge on any atom is 0.342 e. The van der Waals surface area contributed by atoms with Crippen LogP contribution in [0, 0.1) is 11.8 Å². The highest BCUT2D eigenvalue weighted by molar-refractivity contribution is 7.54. The van der Waals surface area contributed by atoms with E-state index in [9.17, 15) is 24.4 Å². The van der Waals surface area contributed by atoms with E-state index in [0.717, 1.165) is 0 Å². The van der Waals surface area contributed by atoms with Gasteiger partial charge in [-0.3, -0.25) is 18.7 Å². The first-order valence-electron chi connectivity index (χ1n) is 16.3. The van der Waals surface area contributed by atoms with Crippen molar-refractivity contribution in [1.82, 2.24) is 29.7 Å². The second-order valence-corrected chi connectivity index (χ2v) is 14.8. The van der Waals surface area contributed by atoms with Crippen LogP contribution in [-0.4, -0.2) is 98.5 Å². The number of carbonyl (C=O) groups excluding carboxylic acids is 2. The largest absolute Gasteiger partial charge is 0.479 e. The molecule has 0 amide bonds. The first kappa shape index (κ1) is 39.5. The molecule has 0 saturated carbocycles. The number of carbonyl (C=O) groups is 2. The average Bonchev–Trinajstić information content (AvgIpc) is 3.52. The molecule has 48 heavy (non-hydrogen) atoms. The summed E-state index contributed by atoms with van der Waals surface area (Å²) in [6, 6.07) is -2.13. The molecule has 1 aliphatic rings. The van der Waals surface area contributed by atoms with Crippen LogP contribution in [0.1, 0.15) is 80.4 Å². The van der Waals surface area contributed by atoms with E-state index in [4.69, 9.17) is 29.2 Å². The number of nitrogens with two attached hydrogens (primary N) is 1. The third-order valence-electron chi connectivity index (χ3n) is 7.56. The maximum atomic E-state index is 14.7. The fourth-order valence-corrected chi connectivity index (χ4v) is 7.07. The highest BCUT2D eigenvalue weighted by Gasteiger charge is 2.54. The second-order valence-electron chi connectivity index (χ2n) is 12.9. The minimum Gasteiger partial charge on any atom is -0.479 e. The molecular weight excluding hydrogens is 649 g/mol. The Morgan fingerprint density at radius 1 is 1.06 bits per heavy atom. The molecule has 3 unspecified atom stereocenters. The van der Waals surface area contributed by atoms with Crippen LogP contribution in [0.25, 0.3) is 11.2 Å². The Bertz CT molecular complexity index is 1380. The standard InChI is InChI=1S/C30H52N7O10P/c1-9-11-44-26(39)19(13-17(3)4)35-48(42,36-20(14-18(5)6)27(40)45-12-10-2)46-15-21-23(38)30(7,41)28(47-21)37-16-32-22-24(37)33-29(31)34-25(22)43-8/h16-21,23,28,38,41H,9-15H2,1-8H3,(H2,31,33,34)(H2,35,36,42)/t19-,20-,21+,23?,28?,30?/m0/s1. The molecule has 0 radical (unpaired) electrons. The quantitative estimate of drug-likeness (QED) is 0.105. The van der Waals surface area contributed by atoms with Gasteiger partial charge in [-0.15, -0.1) is 0 Å². The summed E-state index contributed by atoms with van der Waals surface area (Å²) in [5.74, 6) is -1.29. The van der Waals surface area contributed by atoms with Gasteiger partial charge in [0.2, 0.25) is 11.8 Å². The lowest BCUT2D eigenvalue weighted by molar-refractivity contribution is -0.146. The van der Waals surface area contributed by atoms with Crippen LogP contribution in [0.3, 0.4) is 0 Å². The molecule has 0 aliphatic carbocycles. The molecular formula is C30H52N7O10P. The first-order valence-corrected chi connectivity index (χ1v) is 17.9. The van der Waals surface area contributed by atoms with Crippen LogP contribution in [0.15, 0.2) is 6.33 Å². The number of hydrogen-bond donors (Lipinski definition) is 5. The third-order valence-corrected chi connectivity index (χ3v) is 9.38. The van der Waals surface area contributed by atoms with Gasteiger partial charge in [0.25, 0.3) is 0 Å². The predicted molar refractivity (Wildman–Crippen MR) is 176 cm³/mol. The van der Waals surface area contributed by atoms with Crippen LogP contribution < -0.4 is 20.6 Å². The van der Waals surface area contributed by atoms with E-state index < -0.39 is 62.3 Å². The topological polar surface area (TPSA) is 232 Å². The molecule has 0 spiro atoms. The van der Waals surface area contributed by atoms with Gasteiger partial charge in [0, 0.05) is 0 Å². The smallest absolute Gasteiger partial charge is 0.342 e. The number of fused-ring (bicyclic) bond motifs is 1. The summed E-state index contributed by atoms with van der Waals surface area (Å²) in [5, 5.41) is 28.3. The molecule has 6 N–H and O–H groups in total. The van der Waals surface area contributed by atoms with E-state index in [1.165, 1.54) is 24.9 Å². The lowest BCUT2D eigenvalue weighted by atomic mass is 9.96. The molecule has 2 aromatic rings. The summed E-state index contributed by atoms with van der Waals surface area (Å²) >= 11 is 0. The Morgan fingerprint density at radius 2 is 1.60 bits per heavy atom. The lowest BCUT2D eigenvalue weighted by Gasteiger charge is -2.30. The van der Waals surface area contributed by atoms with Crippen molar-refractivity contribution in [3.05, 3.63) is 6.33 Å². The van der Waals surface area contributed by atoms with Crippen LogP contribution in [0.5, 0.6) is 5.88 Å².